The number of ether oxygens (including phenoxy) is 1. The van der Waals surface area contributed by atoms with Crippen LogP contribution >= 0.6 is 11.3 Å². The molecule has 0 saturated carbocycles. The van der Waals surface area contributed by atoms with Gasteiger partial charge in [-0.25, -0.2) is 8.42 Å². The van der Waals surface area contributed by atoms with Crippen LogP contribution in [0.2, 0.25) is 0 Å². The van der Waals surface area contributed by atoms with E-state index in [1.54, 1.807) is 18.2 Å². The van der Waals surface area contributed by atoms with Gasteiger partial charge >= 0.3 is 5.97 Å². The third-order valence-corrected chi connectivity index (χ3v) is 6.19. The van der Waals surface area contributed by atoms with Gasteiger partial charge in [-0.15, -0.1) is 11.3 Å². The number of hydrogen-bond acceptors (Lipinski definition) is 7. The summed E-state index contributed by atoms with van der Waals surface area (Å²) < 4.78 is 31.1. The number of rotatable bonds is 6. The smallest absolute Gasteiger partial charge is 0.328 e. The number of carbonyl (C=O) groups is 2. The fourth-order valence-corrected chi connectivity index (χ4v) is 4.46. The van der Waals surface area contributed by atoms with E-state index in [0.29, 0.717) is 5.56 Å². The summed E-state index contributed by atoms with van der Waals surface area (Å²) in [5.41, 5.74) is 0.396. The number of sulfonamides is 1. The number of nitrogens with zero attached hydrogens (tertiary/aromatic N) is 1. The zero-order valence-electron chi connectivity index (χ0n) is 14.3. The van der Waals surface area contributed by atoms with Crippen molar-refractivity contribution in [3.8, 4) is 0 Å². The fraction of sp³-hybridized carbons (Fsp3) is 0.235. The van der Waals surface area contributed by atoms with E-state index in [-0.39, 0.29) is 16.8 Å². The molecule has 0 radical (unpaired) electrons. The molecular weight excluding hydrogens is 390 g/mol. The number of aliphatic imine (C=N–C) groups is 1. The van der Waals surface area contributed by atoms with Gasteiger partial charge in [-0.2, -0.15) is 0 Å². The SMILES string of the molecule is C[C@@H](NC(=O)COC(=O)CN=C1NS(=O)(=O)c2ccccc21)c1cccs1. The van der Waals surface area contributed by atoms with Gasteiger partial charge in [0.2, 0.25) is 0 Å². The molecule has 2 heterocycles. The second-order valence-corrected chi connectivity index (χ2v) is 8.36. The van der Waals surface area contributed by atoms with Crippen LogP contribution in [-0.4, -0.2) is 39.3 Å². The molecule has 0 bridgehead atoms. The number of thiophene rings is 1. The molecule has 0 fully saturated rings. The number of amidine groups is 1. The maximum Gasteiger partial charge on any atom is 0.328 e. The minimum Gasteiger partial charge on any atom is -0.454 e. The largest absolute Gasteiger partial charge is 0.454 e. The predicted octanol–water partition coefficient (Wildman–Crippen LogP) is 1.21. The summed E-state index contributed by atoms with van der Waals surface area (Å²) in [6, 6.07) is 9.93. The third kappa shape index (κ3) is 4.52. The first-order valence-corrected chi connectivity index (χ1v) is 10.4. The van der Waals surface area contributed by atoms with Gasteiger partial charge in [0, 0.05) is 10.4 Å². The van der Waals surface area contributed by atoms with Crippen molar-refractivity contribution in [2.24, 2.45) is 4.99 Å². The van der Waals surface area contributed by atoms with Crippen molar-refractivity contribution in [2.45, 2.75) is 17.9 Å². The van der Waals surface area contributed by atoms with Gasteiger partial charge in [0.05, 0.1) is 10.9 Å². The second-order valence-electron chi connectivity index (χ2n) is 5.73. The van der Waals surface area contributed by atoms with E-state index in [1.807, 2.05) is 24.4 Å². The van der Waals surface area contributed by atoms with Crippen LogP contribution in [0.15, 0.2) is 51.7 Å². The zero-order chi connectivity index (χ0) is 19.4. The van der Waals surface area contributed by atoms with E-state index in [0.717, 1.165) is 4.88 Å². The van der Waals surface area contributed by atoms with Crippen molar-refractivity contribution >= 4 is 39.1 Å². The maximum atomic E-state index is 12.0. The minimum atomic E-state index is -3.66. The van der Waals surface area contributed by atoms with Crippen molar-refractivity contribution < 1.29 is 22.7 Å². The molecule has 1 aliphatic heterocycles. The van der Waals surface area contributed by atoms with Crippen LogP contribution in [0.5, 0.6) is 0 Å². The molecule has 0 unspecified atom stereocenters. The molecule has 3 rings (SSSR count). The second kappa shape index (κ2) is 7.89. The highest BCUT2D eigenvalue weighted by atomic mass is 32.2. The first kappa shape index (κ1) is 19.1. The van der Waals surface area contributed by atoms with E-state index >= 15 is 0 Å². The average molecular weight is 407 g/mol. The molecule has 142 valence electrons. The number of amides is 1. The van der Waals surface area contributed by atoms with E-state index in [2.05, 4.69) is 15.0 Å². The lowest BCUT2D eigenvalue weighted by molar-refractivity contribution is -0.147. The van der Waals surface area contributed by atoms with Gasteiger partial charge < -0.3 is 10.1 Å². The molecule has 10 heteroatoms. The Hall–Kier alpha value is -2.72. The van der Waals surface area contributed by atoms with E-state index < -0.39 is 35.1 Å². The summed E-state index contributed by atoms with van der Waals surface area (Å²) in [6.45, 7) is 1.00. The summed E-state index contributed by atoms with van der Waals surface area (Å²) in [4.78, 5) is 28.7. The number of benzene rings is 1. The molecule has 2 N–H and O–H groups in total. The number of hydrogen-bond donors (Lipinski definition) is 2. The first-order valence-electron chi connectivity index (χ1n) is 8.02. The van der Waals surface area contributed by atoms with Crippen LogP contribution in [0.3, 0.4) is 0 Å². The van der Waals surface area contributed by atoms with Crippen LogP contribution in [0, 0.1) is 0 Å². The topological polar surface area (TPSA) is 114 Å². The van der Waals surface area contributed by atoms with Gasteiger partial charge in [-0.3, -0.25) is 19.3 Å². The Labute approximate surface area is 160 Å². The Morgan fingerprint density at radius 2 is 2.04 bits per heavy atom. The number of nitrogens with one attached hydrogen (secondary N) is 2. The molecular formula is C17H17N3O5S2. The molecule has 1 atom stereocenters. The molecule has 1 amide bonds. The molecule has 1 aromatic heterocycles. The summed E-state index contributed by atoms with van der Waals surface area (Å²) in [5.74, 6) is -1.08. The van der Waals surface area contributed by atoms with Crippen molar-refractivity contribution in [3.63, 3.8) is 0 Å². The van der Waals surface area contributed by atoms with Crippen molar-refractivity contribution in [2.75, 3.05) is 13.2 Å². The molecule has 27 heavy (non-hydrogen) atoms. The molecule has 0 spiro atoms. The summed E-state index contributed by atoms with van der Waals surface area (Å²) in [6.07, 6.45) is 0. The summed E-state index contributed by atoms with van der Waals surface area (Å²) in [5, 5.41) is 4.63. The van der Waals surface area contributed by atoms with E-state index in [1.165, 1.54) is 17.4 Å². The van der Waals surface area contributed by atoms with Crippen LogP contribution in [0.1, 0.15) is 23.4 Å². The number of fused-ring (bicyclic) bond motifs is 1. The van der Waals surface area contributed by atoms with Gasteiger partial charge in [0.1, 0.15) is 12.4 Å². The summed E-state index contributed by atoms with van der Waals surface area (Å²) in [7, 11) is -3.66. The molecule has 0 aliphatic carbocycles. The monoisotopic (exact) mass is 407 g/mol. The van der Waals surface area contributed by atoms with Crippen LogP contribution < -0.4 is 10.0 Å². The lowest BCUT2D eigenvalue weighted by Crippen LogP contribution is -2.31. The normalized spacial score (nSPS) is 17.0. The minimum absolute atomic E-state index is 0.0818. The predicted molar refractivity (Wildman–Crippen MR) is 100 cm³/mol. The first-order chi connectivity index (χ1) is 12.9. The Bertz CT molecular complexity index is 984. The number of carbonyl (C=O) groups excluding carboxylic acids is 2. The highest BCUT2D eigenvalue weighted by Gasteiger charge is 2.30. The molecule has 2 aromatic rings. The van der Waals surface area contributed by atoms with E-state index in [9.17, 15) is 18.0 Å². The third-order valence-electron chi connectivity index (χ3n) is 3.74. The number of esters is 1. The zero-order valence-corrected chi connectivity index (χ0v) is 16.0. The Morgan fingerprint density at radius 1 is 1.26 bits per heavy atom. The van der Waals surface area contributed by atoms with Crippen molar-refractivity contribution in [1.29, 1.82) is 0 Å². The fourth-order valence-electron chi connectivity index (χ4n) is 2.48. The molecule has 0 saturated heterocycles. The van der Waals surface area contributed by atoms with Crippen molar-refractivity contribution in [3.05, 3.63) is 52.2 Å². The summed E-state index contributed by atoms with van der Waals surface area (Å²) >= 11 is 1.52. The quantitative estimate of drug-likeness (QED) is 0.699. The van der Waals surface area contributed by atoms with E-state index in [4.69, 9.17) is 4.74 Å². The highest BCUT2D eigenvalue weighted by molar-refractivity contribution is 7.90. The molecule has 1 aromatic carbocycles. The lowest BCUT2D eigenvalue weighted by Gasteiger charge is -2.12. The Morgan fingerprint density at radius 3 is 2.78 bits per heavy atom. The van der Waals surface area contributed by atoms with Crippen LogP contribution in [0.25, 0.3) is 0 Å². The van der Waals surface area contributed by atoms with Gasteiger partial charge in [0.25, 0.3) is 15.9 Å². The standard InChI is InChI=1S/C17H17N3O5S2/c1-11(13-6-4-8-26-13)19-15(21)10-25-16(22)9-18-17-12-5-2-3-7-14(12)27(23,24)20-17/h2-8,11H,9-10H2,1H3,(H,18,20)(H,19,21)/t11-/m1/s1. The lowest BCUT2D eigenvalue weighted by atomic mass is 10.2. The molecule has 1 aliphatic rings. The van der Waals surface area contributed by atoms with Gasteiger partial charge in [-0.1, -0.05) is 18.2 Å². The van der Waals surface area contributed by atoms with Crippen LogP contribution in [-0.2, 0) is 24.3 Å². The Balaban J connectivity index is 1.52. The van der Waals surface area contributed by atoms with Crippen LogP contribution in [0.4, 0.5) is 0 Å². The van der Waals surface area contributed by atoms with Gasteiger partial charge in [-0.05, 0) is 30.5 Å². The average Bonchev–Trinajstić information content (AvgIpc) is 3.26. The Kier molecular flexibility index (Phi) is 5.57. The van der Waals surface area contributed by atoms with Gasteiger partial charge in [0.15, 0.2) is 6.61 Å². The maximum absolute atomic E-state index is 12.0. The highest BCUT2D eigenvalue weighted by Crippen LogP contribution is 2.22. The molecule has 8 nitrogen and oxygen atoms in total. The van der Waals surface area contributed by atoms with Crippen molar-refractivity contribution in [1.82, 2.24) is 10.0 Å².